The van der Waals surface area contributed by atoms with Gasteiger partial charge >= 0.3 is 0 Å². The molecule has 2 heterocycles. The van der Waals surface area contributed by atoms with Crippen LogP contribution >= 0.6 is 23.2 Å². The fourth-order valence-electron chi connectivity index (χ4n) is 3.55. The van der Waals surface area contributed by atoms with Crippen molar-refractivity contribution < 1.29 is 14.1 Å². The lowest BCUT2D eigenvalue weighted by atomic mass is 10.1. The molecular formula is C21H19Cl2N2O2+. The summed E-state index contributed by atoms with van der Waals surface area (Å²) in [5.41, 5.74) is 2.80. The van der Waals surface area contributed by atoms with Gasteiger partial charge in [0.1, 0.15) is 11.9 Å². The number of aromatic nitrogens is 2. The Balaban J connectivity index is 1.65. The first-order chi connectivity index (χ1) is 13.1. The molecule has 0 amide bonds. The van der Waals surface area contributed by atoms with Crippen molar-refractivity contribution in [2.45, 2.75) is 25.9 Å². The zero-order valence-electron chi connectivity index (χ0n) is 14.9. The molecule has 1 aliphatic heterocycles. The maximum atomic E-state index is 12.8. The van der Waals surface area contributed by atoms with Gasteiger partial charge in [-0.05, 0) is 48.9 Å². The third-order valence-electron chi connectivity index (χ3n) is 4.94. The van der Waals surface area contributed by atoms with E-state index in [0.29, 0.717) is 15.6 Å². The van der Waals surface area contributed by atoms with E-state index in [4.69, 9.17) is 27.9 Å². The number of rotatable bonds is 5. The monoisotopic (exact) mass is 401 g/mol. The van der Waals surface area contributed by atoms with Crippen LogP contribution in [0, 0.1) is 0 Å². The van der Waals surface area contributed by atoms with E-state index >= 15 is 0 Å². The Morgan fingerprint density at radius 2 is 1.93 bits per heavy atom. The number of methoxy groups -OCH3 is 1. The SMILES string of the molecule is COc1ccc(-c2c[n+](CC(=O)c3ccc(Cl)c(Cl)c3)c3n2CCC3)cc1. The molecule has 0 fully saturated rings. The normalized spacial score (nSPS) is 12.9. The molecule has 0 saturated heterocycles. The molecular weight excluding hydrogens is 383 g/mol. The van der Waals surface area contributed by atoms with E-state index in [9.17, 15) is 4.79 Å². The molecule has 4 nitrogen and oxygen atoms in total. The molecule has 0 spiro atoms. The molecule has 2 aromatic carbocycles. The summed E-state index contributed by atoms with van der Waals surface area (Å²) >= 11 is 12.0. The molecule has 6 heteroatoms. The Labute approximate surface area is 167 Å². The summed E-state index contributed by atoms with van der Waals surface area (Å²) in [5.74, 6) is 2.02. The van der Waals surface area contributed by atoms with Crippen LogP contribution in [0.5, 0.6) is 5.75 Å². The Bertz CT molecular complexity index is 1010. The Hall–Kier alpha value is -2.30. The molecule has 1 aromatic heterocycles. The second-order valence-electron chi connectivity index (χ2n) is 6.59. The molecule has 0 aliphatic carbocycles. The summed E-state index contributed by atoms with van der Waals surface area (Å²) in [4.78, 5) is 12.8. The van der Waals surface area contributed by atoms with Crippen molar-refractivity contribution in [2.75, 3.05) is 7.11 Å². The van der Waals surface area contributed by atoms with Crippen LogP contribution in [0.4, 0.5) is 0 Å². The smallest absolute Gasteiger partial charge is 0.257 e. The molecule has 138 valence electrons. The van der Waals surface area contributed by atoms with Crippen molar-refractivity contribution in [2.24, 2.45) is 0 Å². The first-order valence-corrected chi connectivity index (χ1v) is 9.57. The van der Waals surface area contributed by atoms with Gasteiger partial charge < -0.3 is 4.74 Å². The van der Waals surface area contributed by atoms with Crippen molar-refractivity contribution in [1.82, 2.24) is 4.57 Å². The summed E-state index contributed by atoms with van der Waals surface area (Å²) in [5, 5.41) is 0.848. The highest BCUT2D eigenvalue weighted by Gasteiger charge is 2.29. The topological polar surface area (TPSA) is 35.1 Å². The van der Waals surface area contributed by atoms with Crippen LogP contribution in [0.3, 0.4) is 0 Å². The molecule has 0 unspecified atom stereocenters. The van der Waals surface area contributed by atoms with Gasteiger partial charge in [-0.3, -0.25) is 4.79 Å². The fraction of sp³-hybridized carbons (Fsp3) is 0.238. The average molecular weight is 402 g/mol. The van der Waals surface area contributed by atoms with Gasteiger partial charge in [-0.1, -0.05) is 23.2 Å². The summed E-state index contributed by atoms with van der Waals surface area (Å²) in [6, 6.07) is 13.0. The number of imidazole rings is 1. The van der Waals surface area contributed by atoms with Crippen LogP contribution < -0.4 is 9.30 Å². The fourth-order valence-corrected chi connectivity index (χ4v) is 3.85. The maximum Gasteiger partial charge on any atom is 0.257 e. The zero-order chi connectivity index (χ0) is 19.0. The Morgan fingerprint density at radius 1 is 1.15 bits per heavy atom. The minimum absolute atomic E-state index is 0.0140. The highest BCUT2D eigenvalue weighted by molar-refractivity contribution is 6.42. The number of fused-ring (bicyclic) bond motifs is 1. The van der Waals surface area contributed by atoms with Gasteiger partial charge in [0, 0.05) is 11.1 Å². The number of halogens is 2. The van der Waals surface area contributed by atoms with Crippen molar-refractivity contribution >= 4 is 29.0 Å². The molecule has 4 rings (SSSR count). The van der Waals surface area contributed by atoms with Gasteiger partial charge in [0.05, 0.1) is 30.1 Å². The van der Waals surface area contributed by atoms with Crippen molar-refractivity contribution in [1.29, 1.82) is 0 Å². The van der Waals surface area contributed by atoms with E-state index in [1.807, 2.05) is 24.3 Å². The second kappa shape index (κ2) is 7.37. The van der Waals surface area contributed by atoms with Gasteiger partial charge in [0.2, 0.25) is 5.78 Å². The standard InChI is InChI=1S/C21H19Cl2N2O2/c1-27-16-7-4-14(5-8-16)19-12-24(21-3-2-10-25(19)21)13-20(26)15-6-9-17(22)18(23)11-15/h4-9,11-12H,2-3,10,13H2,1H3/q+1. The van der Waals surface area contributed by atoms with Crippen LogP contribution in [0.2, 0.25) is 10.0 Å². The number of nitrogens with zero attached hydrogens (tertiary/aromatic N) is 2. The molecule has 27 heavy (non-hydrogen) atoms. The highest BCUT2D eigenvalue weighted by atomic mass is 35.5. The molecule has 0 saturated carbocycles. The minimum atomic E-state index is 0.0140. The minimum Gasteiger partial charge on any atom is -0.497 e. The van der Waals surface area contributed by atoms with Crippen LogP contribution in [0.15, 0.2) is 48.7 Å². The van der Waals surface area contributed by atoms with Crippen LogP contribution in [-0.2, 0) is 19.5 Å². The van der Waals surface area contributed by atoms with Crippen molar-refractivity contribution in [3.63, 3.8) is 0 Å². The highest BCUT2D eigenvalue weighted by Crippen LogP contribution is 2.27. The lowest BCUT2D eigenvalue weighted by molar-refractivity contribution is -0.689. The summed E-state index contributed by atoms with van der Waals surface area (Å²) < 4.78 is 9.59. The third kappa shape index (κ3) is 3.47. The van der Waals surface area contributed by atoms with Crippen LogP contribution in [0.1, 0.15) is 22.6 Å². The molecule has 0 N–H and O–H groups in total. The third-order valence-corrected chi connectivity index (χ3v) is 5.67. The first kappa shape index (κ1) is 18.1. The van der Waals surface area contributed by atoms with Crippen LogP contribution in [0.25, 0.3) is 11.3 Å². The van der Waals surface area contributed by atoms with E-state index in [0.717, 1.165) is 36.4 Å². The quantitative estimate of drug-likeness (QED) is 0.462. The predicted octanol–water partition coefficient (Wildman–Crippen LogP) is 4.59. The lowest BCUT2D eigenvalue weighted by Gasteiger charge is -2.02. The average Bonchev–Trinajstić information content (AvgIpc) is 3.28. The number of hydrogen-bond donors (Lipinski definition) is 0. The van der Waals surface area contributed by atoms with Gasteiger partial charge in [0.15, 0.2) is 12.2 Å². The number of Topliss-reactive ketones (excluding diaryl/α,β-unsaturated/α-hetero) is 1. The predicted molar refractivity (Wildman–Crippen MR) is 106 cm³/mol. The molecule has 0 radical (unpaired) electrons. The lowest BCUT2D eigenvalue weighted by Crippen LogP contribution is -2.40. The number of ether oxygens (including phenoxy) is 1. The molecule has 3 aromatic rings. The number of benzene rings is 2. The number of carbonyl (C=O) groups excluding carboxylic acids is 1. The van der Waals surface area contributed by atoms with Crippen LogP contribution in [-0.4, -0.2) is 17.5 Å². The number of ketones is 1. The largest absolute Gasteiger partial charge is 0.497 e. The van der Waals surface area contributed by atoms with E-state index < -0.39 is 0 Å². The molecule has 0 bridgehead atoms. The summed E-state index contributed by atoms with van der Waals surface area (Å²) in [6.07, 6.45) is 4.11. The number of hydrogen-bond acceptors (Lipinski definition) is 2. The molecule has 0 atom stereocenters. The summed E-state index contributed by atoms with van der Waals surface area (Å²) in [7, 11) is 1.66. The Kier molecular flexibility index (Phi) is 4.94. The Morgan fingerprint density at radius 3 is 2.63 bits per heavy atom. The maximum absolute atomic E-state index is 12.8. The summed E-state index contributed by atoms with van der Waals surface area (Å²) in [6.45, 7) is 1.24. The molecule has 1 aliphatic rings. The van der Waals surface area contributed by atoms with Crippen molar-refractivity contribution in [3.8, 4) is 17.0 Å². The van der Waals surface area contributed by atoms with E-state index in [-0.39, 0.29) is 12.3 Å². The number of carbonyl (C=O) groups is 1. The first-order valence-electron chi connectivity index (χ1n) is 8.81. The second-order valence-corrected chi connectivity index (χ2v) is 7.41. The van der Waals surface area contributed by atoms with E-state index in [1.165, 1.54) is 5.82 Å². The van der Waals surface area contributed by atoms with E-state index in [1.54, 1.807) is 25.3 Å². The van der Waals surface area contributed by atoms with Crippen molar-refractivity contribution in [3.05, 3.63) is 70.1 Å². The van der Waals surface area contributed by atoms with Gasteiger partial charge in [-0.25, -0.2) is 9.13 Å². The van der Waals surface area contributed by atoms with Gasteiger partial charge in [-0.2, -0.15) is 0 Å². The zero-order valence-corrected chi connectivity index (χ0v) is 16.4. The van der Waals surface area contributed by atoms with E-state index in [2.05, 4.69) is 15.3 Å². The van der Waals surface area contributed by atoms with Gasteiger partial charge in [-0.15, -0.1) is 0 Å². The van der Waals surface area contributed by atoms with Gasteiger partial charge in [0.25, 0.3) is 5.82 Å².